The fourth-order valence-corrected chi connectivity index (χ4v) is 1.94. The number of nitrogens with one attached hydrogen (secondary N) is 1. The van der Waals surface area contributed by atoms with Crippen LogP contribution in [0.5, 0.6) is 0 Å². The van der Waals surface area contributed by atoms with Crippen molar-refractivity contribution in [3.05, 3.63) is 59.7 Å². The van der Waals surface area contributed by atoms with Gasteiger partial charge in [-0.2, -0.15) is 0 Å². The molecule has 0 spiro atoms. The number of para-hydroxylation sites is 1. The SMILES string of the molecule is CC(Cl)c1ccccc1NCc1cncc(F)c1. The lowest BCUT2D eigenvalue weighted by Crippen LogP contribution is -2.03. The van der Waals surface area contributed by atoms with E-state index in [2.05, 4.69) is 10.3 Å². The molecule has 4 heteroatoms. The number of pyridine rings is 1. The molecule has 2 nitrogen and oxygen atoms in total. The first-order valence-electron chi connectivity index (χ1n) is 5.73. The Morgan fingerprint density at radius 2 is 2.11 bits per heavy atom. The highest BCUT2D eigenvalue weighted by Crippen LogP contribution is 2.27. The van der Waals surface area contributed by atoms with Crippen LogP contribution in [0.25, 0.3) is 0 Å². The van der Waals surface area contributed by atoms with Crippen LogP contribution in [0.1, 0.15) is 23.4 Å². The third-order valence-electron chi connectivity index (χ3n) is 2.63. The maximum atomic E-state index is 13.0. The lowest BCUT2D eigenvalue weighted by Gasteiger charge is -2.13. The summed E-state index contributed by atoms with van der Waals surface area (Å²) in [5.74, 6) is -0.326. The largest absolute Gasteiger partial charge is 0.381 e. The van der Waals surface area contributed by atoms with Crippen molar-refractivity contribution >= 4 is 17.3 Å². The van der Waals surface area contributed by atoms with E-state index >= 15 is 0 Å². The van der Waals surface area contributed by atoms with Gasteiger partial charge >= 0.3 is 0 Å². The zero-order valence-corrected chi connectivity index (χ0v) is 10.8. The van der Waals surface area contributed by atoms with Crippen molar-refractivity contribution in [3.8, 4) is 0 Å². The number of hydrogen-bond acceptors (Lipinski definition) is 2. The van der Waals surface area contributed by atoms with Gasteiger partial charge in [-0.1, -0.05) is 18.2 Å². The normalized spacial score (nSPS) is 12.2. The summed E-state index contributed by atoms with van der Waals surface area (Å²) in [7, 11) is 0. The Bertz CT molecular complexity index is 529. The first-order chi connectivity index (χ1) is 8.66. The molecule has 1 atom stereocenters. The van der Waals surface area contributed by atoms with Gasteiger partial charge in [-0.3, -0.25) is 4.98 Å². The predicted molar refractivity (Wildman–Crippen MR) is 72.2 cm³/mol. The Morgan fingerprint density at radius 3 is 2.83 bits per heavy atom. The Labute approximate surface area is 111 Å². The molecule has 1 unspecified atom stereocenters. The molecular formula is C14H14ClFN2. The van der Waals surface area contributed by atoms with E-state index < -0.39 is 0 Å². The molecule has 0 saturated carbocycles. The molecule has 18 heavy (non-hydrogen) atoms. The standard InChI is InChI=1S/C14H14ClFN2/c1-10(15)13-4-2-3-5-14(13)18-8-11-6-12(16)9-17-7-11/h2-7,9-10,18H,8H2,1H3. The van der Waals surface area contributed by atoms with E-state index in [-0.39, 0.29) is 11.2 Å². The molecular weight excluding hydrogens is 251 g/mol. The number of aromatic nitrogens is 1. The Balaban J connectivity index is 2.11. The second-order valence-corrected chi connectivity index (χ2v) is 4.72. The van der Waals surface area contributed by atoms with Crippen molar-refractivity contribution in [2.75, 3.05) is 5.32 Å². The third-order valence-corrected chi connectivity index (χ3v) is 2.87. The molecule has 0 bridgehead atoms. The zero-order chi connectivity index (χ0) is 13.0. The van der Waals surface area contributed by atoms with Gasteiger partial charge in [0.25, 0.3) is 0 Å². The van der Waals surface area contributed by atoms with Crippen LogP contribution < -0.4 is 5.32 Å². The molecule has 0 radical (unpaired) electrons. The number of halogens is 2. The van der Waals surface area contributed by atoms with E-state index in [9.17, 15) is 4.39 Å². The van der Waals surface area contributed by atoms with E-state index in [4.69, 9.17) is 11.6 Å². The number of alkyl halides is 1. The molecule has 2 rings (SSSR count). The van der Waals surface area contributed by atoms with Crippen LogP contribution in [0, 0.1) is 5.82 Å². The summed E-state index contributed by atoms with van der Waals surface area (Å²) in [6.07, 6.45) is 2.83. The Kier molecular flexibility index (Phi) is 4.15. The predicted octanol–water partition coefficient (Wildman–Crippen LogP) is 4.13. The van der Waals surface area contributed by atoms with Gasteiger partial charge in [0.2, 0.25) is 0 Å². The molecule has 1 aromatic heterocycles. The number of hydrogen-bond donors (Lipinski definition) is 1. The molecule has 0 aliphatic carbocycles. The number of nitrogens with zero attached hydrogens (tertiary/aromatic N) is 1. The molecule has 0 aliphatic heterocycles. The monoisotopic (exact) mass is 264 g/mol. The topological polar surface area (TPSA) is 24.9 Å². The van der Waals surface area contributed by atoms with E-state index in [0.717, 1.165) is 16.8 Å². The van der Waals surface area contributed by atoms with Crippen LogP contribution in [0.4, 0.5) is 10.1 Å². The van der Waals surface area contributed by atoms with Crippen LogP contribution >= 0.6 is 11.6 Å². The van der Waals surface area contributed by atoms with Gasteiger partial charge in [0, 0.05) is 18.4 Å². The summed E-state index contributed by atoms with van der Waals surface area (Å²) in [4.78, 5) is 3.81. The van der Waals surface area contributed by atoms with Gasteiger partial charge in [0.05, 0.1) is 11.6 Å². The van der Waals surface area contributed by atoms with Crippen molar-refractivity contribution in [2.45, 2.75) is 18.8 Å². The quantitative estimate of drug-likeness (QED) is 0.840. The van der Waals surface area contributed by atoms with Crippen LogP contribution in [-0.2, 0) is 6.54 Å². The van der Waals surface area contributed by atoms with Gasteiger partial charge in [-0.25, -0.2) is 4.39 Å². The van der Waals surface area contributed by atoms with Crippen LogP contribution in [0.15, 0.2) is 42.7 Å². The molecule has 0 saturated heterocycles. The average molecular weight is 265 g/mol. The molecule has 1 aromatic carbocycles. The van der Waals surface area contributed by atoms with Gasteiger partial charge < -0.3 is 5.32 Å². The third kappa shape index (κ3) is 3.20. The van der Waals surface area contributed by atoms with E-state index in [1.165, 1.54) is 12.3 Å². The van der Waals surface area contributed by atoms with Crippen LogP contribution in [0.3, 0.4) is 0 Å². The summed E-state index contributed by atoms with van der Waals surface area (Å²) in [6.45, 7) is 2.44. The van der Waals surface area contributed by atoms with E-state index in [1.807, 2.05) is 31.2 Å². The molecule has 0 aliphatic rings. The fraction of sp³-hybridized carbons (Fsp3) is 0.214. The first kappa shape index (κ1) is 12.8. The minimum absolute atomic E-state index is 0.0701. The fourth-order valence-electron chi connectivity index (χ4n) is 1.75. The molecule has 2 aromatic rings. The molecule has 1 N–H and O–H groups in total. The second kappa shape index (κ2) is 5.83. The highest BCUT2D eigenvalue weighted by molar-refractivity contribution is 6.21. The number of anilines is 1. The minimum Gasteiger partial charge on any atom is -0.381 e. The molecule has 1 heterocycles. The summed E-state index contributed by atoms with van der Waals surface area (Å²) < 4.78 is 13.0. The van der Waals surface area contributed by atoms with Gasteiger partial charge in [-0.15, -0.1) is 11.6 Å². The van der Waals surface area contributed by atoms with Crippen molar-refractivity contribution in [3.63, 3.8) is 0 Å². The number of rotatable bonds is 4. The van der Waals surface area contributed by atoms with E-state index in [0.29, 0.717) is 6.54 Å². The molecule has 94 valence electrons. The average Bonchev–Trinajstić information content (AvgIpc) is 2.37. The van der Waals surface area contributed by atoms with Gasteiger partial charge in [-0.05, 0) is 30.2 Å². The number of benzene rings is 1. The van der Waals surface area contributed by atoms with Crippen molar-refractivity contribution < 1.29 is 4.39 Å². The van der Waals surface area contributed by atoms with Crippen molar-refractivity contribution in [1.29, 1.82) is 0 Å². The highest BCUT2D eigenvalue weighted by atomic mass is 35.5. The minimum atomic E-state index is -0.326. The maximum absolute atomic E-state index is 13.0. The Hall–Kier alpha value is -1.61. The maximum Gasteiger partial charge on any atom is 0.141 e. The van der Waals surface area contributed by atoms with Crippen LogP contribution in [-0.4, -0.2) is 4.98 Å². The first-order valence-corrected chi connectivity index (χ1v) is 6.17. The Morgan fingerprint density at radius 1 is 1.33 bits per heavy atom. The second-order valence-electron chi connectivity index (χ2n) is 4.07. The molecule has 0 amide bonds. The summed E-state index contributed by atoms with van der Waals surface area (Å²) >= 11 is 6.10. The van der Waals surface area contributed by atoms with Crippen LogP contribution in [0.2, 0.25) is 0 Å². The molecule has 0 fully saturated rings. The van der Waals surface area contributed by atoms with Gasteiger partial charge in [0.15, 0.2) is 0 Å². The smallest absolute Gasteiger partial charge is 0.141 e. The zero-order valence-electron chi connectivity index (χ0n) is 10.0. The van der Waals surface area contributed by atoms with Crippen molar-refractivity contribution in [2.24, 2.45) is 0 Å². The summed E-state index contributed by atoms with van der Waals surface area (Å²) in [5, 5.41) is 3.18. The summed E-state index contributed by atoms with van der Waals surface area (Å²) in [6, 6.07) is 9.29. The van der Waals surface area contributed by atoms with E-state index in [1.54, 1.807) is 6.20 Å². The lowest BCUT2D eigenvalue weighted by molar-refractivity contribution is 0.619. The van der Waals surface area contributed by atoms with Gasteiger partial charge in [0.1, 0.15) is 5.82 Å². The lowest BCUT2D eigenvalue weighted by atomic mass is 10.1. The van der Waals surface area contributed by atoms with Crippen molar-refractivity contribution in [1.82, 2.24) is 4.98 Å². The summed E-state index contributed by atoms with van der Waals surface area (Å²) in [5.41, 5.74) is 2.79. The highest BCUT2D eigenvalue weighted by Gasteiger charge is 2.06.